The summed E-state index contributed by atoms with van der Waals surface area (Å²) in [6, 6.07) is 8.31. The van der Waals surface area contributed by atoms with Crippen molar-refractivity contribution in [1.29, 1.82) is 0 Å². The first-order valence-corrected chi connectivity index (χ1v) is 7.84. The van der Waals surface area contributed by atoms with Crippen LogP contribution in [0.1, 0.15) is 30.4 Å². The summed E-state index contributed by atoms with van der Waals surface area (Å²) in [5, 5.41) is 6.40. The number of nitrogens with one attached hydrogen (secondary N) is 2. The summed E-state index contributed by atoms with van der Waals surface area (Å²) in [7, 11) is 4.12. The highest BCUT2D eigenvalue weighted by atomic mass is 35.5. The van der Waals surface area contributed by atoms with Crippen molar-refractivity contribution < 1.29 is 4.79 Å². The number of hydrogen-bond acceptors (Lipinski definition) is 3. The number of benzene rings is 1. The summed E-state index contributed by atoms with van der Waals surface area (Å²) in [5.41, 5.74) is 2.49. The largest absolute Gasteiger partial charge is 0.352 e. The standard InChI is InChI=1S/C17H27N3O.2ClH/c1-20(2)13-16-6-4-3-5-15(16)12-19-17(21)8-7-14-9-10-18-11-14;;/h3-6,14,18H,7-13H2,1-2H3,(H,19,21);2*1H. The maximum atomic E-state index is 12.0. The van der Waals surface area contributed by atoms with Gasteiger partial charge in [0.15, 0.2) is 0 Å². The number of hydrogen-bond donors (Lipinski definition) is 2. The van der Waals surface area contributed by atoms with Gasteiger partial charge in [-0.05, 0) is 57.1 Å². The molecule has 0 spiro atoms. The zero-order valence-corrected chi connectivity index (χ0v) is 15.6. The molecule has 1 aromatic carbocycles. The number of nitrogens with zero attached hydrogens (tertiary/aromatic N) is 1. The van der Waals surface area contributed by atoms with Crippen LogP contribution in [0.3, 0.4) is 0 Å². The van der Waals surface area contributed by atoms with Gasteiger partial charge in [-0.2, -0.15) is 0 Å². The van der Waals surface area contributed by atoms with Gasteiger partial charge in [0.05, 0.1) is 0 Å². The van der Waals surface area contributed by atoms with Crippen LogP contribution in [0, 0.1) is 5.92 Å². The third-order valence-electron chi connectivity index (χ3n) is 4.02. The van der Waals surface area contributed by atoms with Crippen LogP contribution < -0.4 is 10.6 Å². The van der Waals surface area contributed by atoms with Crippen molar-refractivity contribution in [2.75, 3.05) is 27.2 Å². The fraction of sp³-hybridized carbons (Fsp3) is 0.588. The average molecular weight is 362 g/mol. The second-order valence-corrected chi connectivity index (χ2v) is 6.18. The van der Waals surface area contributed by atoms with E-state index in [4.69, 9.17) is 0 Å². The van der Waals surface area contributed by atoms with Crippen LogP contribution in [0.5, 0.6) is 0 Å². The van der Waals surface area contributed by atoms with Gasteiger partial charge in [-0.1, -0.05) is 24.3 Å². The van der Waals surface area contributed by atoms with Gasteiger partial charge in [-0.25, -0.2) is 0 Å². The Morgan fingerprint density at radius 1 is 1.26 bits per heavy atom. The van der Waals surface area contributed by atoms with Crippen molar-refractivity contribution in [1.82, 2.24) is 15.5 Å². The summed E-state index contributed by atoms with van der Waals surface area (Å²) in [6.45, 7) is 3.70. The van der Waals surface area contributed by atoms with Gasteiger partial charge in [0.25, 0.3) is 0 Å². The first-order chi connectivity index (χ1) is 10.1. The summed E-state index contributed by atoms with van der Waals surface area (Å²) < 4.78 is 0. The SMILES string of the molecule is CN(C)Cc1ccccc1CNC(=O)CCC1CCNC1.Cl.Cl. The van der Waals surface area contributed by atoms with Crippen molar-refractivity contribution in [2.45, 2.75) is 32.4 Å². The molecule has 0 aromatic heterocycles. The van der Waals surface area contributed by atoms with Crippen molar-refractivity contribution in [2.24, 2.45) is 5.92 Å². The summed E-state index contributed by atoms with van der Waals surface area (Å²) in [4.78, 5) is 14.1. The zero-order valence-electron chi connectivity index (χ0n) is 14.0. The smallest absolute Gasteiger partial charge is 0.220 e. The molecule has 2 rings (SSSR count). The molecule has 0 aliphatic carbocycles. The molecule has 1 heterocycles. The normalized spacial score (nSPS) is 16.6. The molecule has 0 bridgehead atoms. The van der Waals surface area contributed by atoms with E-state index in [0.29, 0.717) is 18.9 Å². The van der Waals surface area contributed by atoms with Crippen LogP contribution in [0.25, 0.3) is 0 Å². The second kappa shape index (κ2) is 11.7. The minimum atomic E-state index is 0. The molecule has 1 saturated heterocycles. The number of carbonyl (C=O) groups excluding carboxylic acids is 1. The molecule has 1 aliphatic rings. The molecular weight excluding hydrogens is 333 g/mol. The van der Waals surface area contributed by atoms with Crippen LogP contribution in [0.2, 0.25) is 0 Å². The number of carbonyl (C=O) groups is 1. The minimum absolute atomic E-state index is 0. The van der Waals surface area contributed by atoms with E-state index in [0.717, 1.165) is 26.1 Å². The fourth-order valence-corrected chi connectivity index (χ4v) is 2.80. The Kier molecular flexibility index (Phi) is 11.3. The van der Waals surface area contributed by atoms with Gasteiger partial charge in [-0.15, -0.1) is 24.8 Å². The quantitative estimate of drug-likeness (QED) is 0.784. The van der Waals surface area contributed by atoms with E-state index < -0.39 is 0 Å². The molecule has 1 aromatic rings. The Labute approximate surface area is 152 Å². The maximum Gasteiger partial charge on any atom is 0.220 e. The van der Waals surface area contributed by atoms with Crippen molar-refractivity contribution >= 4 is 30.7 Å². The summed E-state index contributed by atoms with van der Waals surface area (Å²) >= 11 is 0. The lowest BCUT2D eigenvalue weighted by atomic mass is 10.0. The predicted octanol–water partition coefficient (Wildman–Crippen LogP) is 2.60. The van der Waals surface area contributed by atoms with Crippen LogP contribution in [-0.4, -0.2) is 38.0 Å². The lowest BCUT2D eigenvalue weighted by Gasteiger charge is -2.15. The van der Waals surface area contributed by atoms with Gasteiger partial charge in [0.2, 0.25) is 5.91 Å². The molecule has 1 aliphatic heterocycles. The topological polar surface area (TPSA) is 44.4 Å². The van der Waals surface area contributed by atoms with Crippen LogP contribution >= 0.6 is 24.8 Å². The van der Waals surface area contributed by atoms with Gasteiger partial charge in [0, 0.05) is 19.5 Å². The molecule has 1 atom stereocenters. The van der Waals surface area contributed by atoms with Gasteiger partial charge >= 0.3 is 0 Å². The van der Waals surface area contributed by atoms with Crippen molar-refractivity contribution in [3.05, 3.63) is 35.4 Å². The Bertz CT molecular complexity index is 463. The lowest BCUT2D eigenvalue weighted by Crippen LogP contribution is -2.24. The summed E-state index contributed by atoms with van der Waals surface area (Å²) in [5.74, 6) is 0.846. The molecule has 1 amide bonds. The molecule has 0 radical (unpaired) electrons. The fourth-order valence-electron chi connectivity index (χ4n) is 2.80. The van der Waals surface area contributed by atoms with Gasteiger partial charge < -0.3 is 15.5 Å². The zero-order chi connectivity index (χ0) is 15.1. The van der Waals surface area contributed by atoms with E-state index in [1.165, 1.54) is 17.5 Å². The Hall–Kier alpha value is -0.810. The highest BCUT2D eigenvalue weighted by Crippen LogP contribution is 2.14. The Morgan fingerprint density at radius 2 is 1.96 bits per heavy atom. The molecule has 1 fully saturated rings. The van der Waals surface area contributed by atoms with Gasteiger partial charge in [0.1, 0.15) is 0 Å². The van der Waals surface area contributed by atoms with Crippen LogP contribution in [-0.2, 0) is 17.9 Å². The Morgan fingerprint density at radius 3 is 2.57 bits per heavy atom. The molecule has 0 saturated carbocycles. The predicted molar refractivity (Wildman–Crippen MR) is 100 cm³/mol. The number of amides is 1. The third kappa shape index (κ3) is 8.02. The van der Waals surface area contributed by atoms with E-state index in [-0.39, 0.29) is 30.7 Å². The highest BCUT2D eigenvalue weighted by molar-refractivity contribution is 5.85. The first-order valence-electron chi connectivity index (χ1n) is 7.84. The van der Waals surface area contributed by atoms with E-state index in [2.05, 4.69) is 47.8 Å². The Balaban J connectivity index is 0.00000242. The maximum absolute atomic E-state index is 12.0. The molecule has 1 unspecified atom stereocenters. The van der Waals surface area contributed by atoms with E-state index in [1.54, 1.807) is 0 Å². The number of halogens is 2. The monoisotopic (exact) mass is 361 g/mol. The van der Waals surface area contributed by atoms with Crippen molar-refractivity contribution in [3.8, 4) is 0 Å². The minimum Gasteiger partial charge on any atom is -0.352 e. The van der Waals surface area contributed by atoms with Crippen molar-refractivity contribution in [3.63, 3.8) is 0 Å². The molecule has 2 N–H and O–H groups in total. The molecule has 132 valence electrons. The molecule has 6 heteroatoms. The molecular formula is C17H29Cl2N3O. The van der Waals surface area contributed by atoms with Gasteiger partial charge in [-0.3, -0.25) is 4.79 Å². The molecule has 23 heavy (non-hydrogen) atoms. The summed E-state index contributed by atoms with van der Waals surface area (Å²) in [6.07, 6.45) is 2.85. The van der Waals surface area contributed by atoms with Crippen LogP contribution in [0.4, 0.5) is 0 Å². The number of rotatable bonds is 7. The lowest BCUT2D eigenvalue weighted by molar-refractivity contribution is -0.121. The highest BCUT2D eigenvalue weighted by Gasteiger charge is 2.15. The van der Waals surface area contributed by atoms with E-state index in [9.17, 15) is 4.79 Å². The second-order valence-electron chi connectivity index (χ2n) is 6.18. The first kappa shape index (κ1) is 22.2. The van der Waals surface area contributed by atoms with Crippen LogP contribution in [0.15, 0.2) is 24.3 Å². The van der Waals surface area contributed by atoms with E-state index in [1.807, 2.05) is 6.07 Å². The third-order valence-corrected chi connectivity index (χ3v) is 4.02. The average Bonchev–Trinajstić information content (AvgIpc) is 2.97. The molecule has 4 nitrogen and oxygen atoms in total. The van der Waals surface area contributed by atoms with E-state index >= 15 is 0 Å².